The van der Waals surface area contributed by atoms with Crippen LogP contribution in [0.3, 0.4) is 0 Å². The van der Waals surface area contributed by atoms with E-state index in [4.69, 9.17) is 0 Å². The summed E-state index contributed by atoms with van der Waals surface area (Å²) in [5, 5.41) is 3.17. The zero-order chi connectivity index (χ0) is 13.5. The molecule has 4 nitrogen and oxygen atoms in total. The quantitative estimate of drug-likeness (QED) is 0.760. The van der Waals surface area contributed by atoms with Crippen LogP contribution in [0.4, 0.5) is 0 Å². The lowest BCUT2D eigenvalue weighted by molar-refractivity contribution is -0.130. The fraction of sp³-hybridized carbons (Fsp3) is 0.800. The fourth-order valence-electron chi connectivity index (χ4n) is 2.88. The number of likely N-dealkylation sites (N-methyl/N-ethyl adjacent to an activating group) is 1. The smallest absolute Gasteiger partial charge is 0.243 e. The highest BCUT2D eigenvalue weighted by atomic mass is 16.2. The lowest BCUT2D eigenvalue weighted by atomic mass is 10.2. The molecule has 19 heavy (non-hydrogen) atoms. The zero-order valence-corrected chi connectivity index (χ0v) is 12.1. The van der Waals surface area contributed by atoms with E-state index in [0.717, 1.165) is 26.1 Å². The van der Waals surface area contributed by atoms with Crippen LogP contribution in [0.15, 0.2) is 12.2 Å². The number of amides is 1. The van der Waals surface area contributed by atoms with Gasteiger partial charge in [0, 0.05) is 20.1 Å². The van der Waals surface area contributed by atoms with E-state index in [9.17, 15) is 4.79 Å². The molecule has 1 saturated heterocycles. The van der Waals surface area contributed by atoms with Crippen LogP contribution in [0, 0.1) is 0 Å². The monoisotopic (exact) mass is 265 g/mol. The van der Waals surface area contributed by atoms with Gasteiger partial charge in [-0.15, -0.1) is 0 Å². The van der Waals surface area contributed by atoms with Gasteiger partial charge in [0.15, 0.2) is 0 Å². The van der Waals surface area contributed by atoms with Crippen molar-refractivity contribution in [3.8, 4) is 0 Å². The number of rotatable bonds is 5. The largest absolute Gasteiger partial charge is 0.344 e. The van der Waals surface area contributed by atoms with Crippen molar-refractivity contribution in [1.82, 2.24) is 15.1 Å². The molecule has 0 aromatic carbocycles. The van der Waals surface area contributed by atoms with Gasteiger partial charge in [-0.1, -0.05) is 25.0 Å². The lowest BCUT2D eigenvalue weighted by Crippen LogP contribution is -2.42. The molecule has 1 N–H and O–H groups in total. The predicted octanol–water partition coefficient (Wildman–Crippen LogP) is 1.24. The minimum Gasteiger partial charge on any atom is -0.344 e. The maximum atomic E-state index is 12.1. The zero-order valence-electron chi connectivity index (χ0n) is 12.1. The van der Waals surface area contributed by atoms with Crippen LogP contribution in [-0.2, 0) is 4.79 Å². The Bertz CT molecular complexity index is 309. The molecule has 1 amide bonds. The normalized spacial score (nSPS) is 24.4. The summed E-state index contributed by atoms with van der Waals surface area (Å²) >= 11 is 0. The third-order valence-corrected chi connectivity index (χ3v) is 4.09. The first-order valence-electron chi connectivity index (χ1n) is 7.65. The number of carbonyl (C=O) groups excluding carboxylic acids is 1. The van der Waals surface area contributed by atoms with Crippen LogP contribution in [0.1, 0.15) is 32.1 Å². The van der Waals surface area contributed by atoms with E-state index >= 15 is 0 Å². The molecule has 0 aliphatic carbocycles. The van der Waals surface area contributed by atoms with Gasteiger partial charge in [-0.05, 0) is 38.9 Å². The molecule has 1 atom stereocenters. The molecule has 0 radical (unpaired) electrons. The number of likely N-dealkylation sites (tertiary alicyclic amines) is 1. The van der Waals surface area contributed by atoms with Crippen molar-refractivity contribution in [1.29, 1.82) is 0 Å². The Kier molecular flexibility index (Phi) is 5.86. The van der Waals surface area contributed by atoms with E-state index in [0.29, 0.717) is 0 Å². The Balaban J connectivity index is 1.63. The van der Waals surface area contributed by atoms with Crippen molar-refractivity contribution < 1.29 is 4.79 Å². The molecule has 0 bridgehead atoms. The molecule has 1 fully saturated rings. The lowest BCUT2D eigenvalue weighted by Gasteiger charge is -2.23. The van der Waals surface area contributed by atoms with Crippen LogP contribution < -0.4 is 5.32 Å². The minimum atomic E-state index is -0.0943. The summed E-state index contributed by atoms with van der Waals surface area (Å²) in [5.74, 6) is 0.199. The van der Waals surface area contributed by atoms with Crippen molar-refractivity contribution in [3.05, 3.63) is 12.2 Å². The van der Waals surface area contributed by atoms with Gasteiger partial charge in [-0.2, -0.15) is 0 Å². The van der Waals surface area contributed by atoms with Crippen molar-refractivity contribution in [2.24, 2.45) is 0 Å². The van der Waals surface area contributed by atoms with E-state index < -0.39 is 0 Å². The highest BCUT2D eigenvalue weighted by Crippen LogP contribution is 2.10. The summed E-state index contributed by atoms with van der Waals surface area (Å²) in [6, 6.07) is -0.0943. The Morgan fingerprint density at radius 1 is 1.32 bits per heavy atom. The summed E-state index contributed by atoms with van der Waals surface area (Å²) in [4.78, 5) is 16.5. The SMILES string of the molecule is CN(CCCN1CCCCCC1)C(=O)C1C=CCN1. The van der Waals surface area contributed by atoms with Crippen LogP contribution in [0.2, 0.25) is 0 Å². The van der Waals surface area contributed by atoms with Crippen molar-refractivity contribution >= 4 is 5.91 Å². The van der Waals surface area contributed by atoms with Gasteiger partial charge >= 0.3 is 0 Å². The summed E-state index contributed by atoms with van der Waals surface area (Å²) in [6.07, 6.45) is 10.5. The van der Waals surface area contributed by atoms with E-state index in [-0.39, 0.29) is 11.9 Å². The number of nitrogens with one attached hydrogen (secondary N) is 1. The maximum Gasteiger partial charge on any atom is 0.243 e. The molecule has 1 unspecified atom stereocenters. The first kappa shape index (κ1) is 14.5. The van der Waals surface area contributed by atoms with Gasteiger partial charge < -0.3 is 9.80 Å². The van der Waals surface area contributed by atoms with Gasteiger partial charge in [-0.3, -0.25) is 10.1 Å². The third-order valence-electron chi connectivity index (χ3n) is 4.09. The molecule has 108 valence electrons. The highest BCUT2D eigenvalue weighted by molar-refractivity contribution is 5.84. The van der Waals surface area contributed by atoms with Crippen molar-refractivity contribution in [3.63, 3.8) is 0 Å². The first-order chi connectivity index (χ1) is 9.27. The predicted molar refractivity (Wildman–Crippen MR) is 78.1 cm³/mol. The second-order valence-corrected chi connectivity index (χ2v) is 5.68. The molecule has 0 saturated carbocycles. The molecule has 0 spiro atoms. The van der Waals surface area contributed by atoms with E-state index in [1.54, 1.807) is 0 Å². The fourth-order valence-corrected chi connectivity index (χ4v) is 2.88. The Morgan fingerprint density at radius 2 is 2.05 bits per heavy atom. The summed E-state index contributed by atoms with van der Waals surface area (Å²) < 4.78 is 0. The van der Waals surface area contributed by atoms with Gasteiger partial charge in [0.25, 0.3) is 0 Å². The number of hydrogen-bond donors (Lipinski definition) is 1. The topological polar surface area (TPSA) is 35.6 Å². The molecular formula is C15H27N3O. The first-order valence-corrected chi connectivity index (χ1v) is 7.65. The van der Waals surface area contributed by atoms with Gasteiger partial charge in [0.2, 0.25) is 5.91 Å². The summed E-state index contributed by atoms with van der Waals surface area (Å²) in [5.41, 5.74) is 0. The molecule has 2 aliphatic heterocycles. The van der Waals surface area contributed by atoms with E-state index in [1.807, 2.05) is 24.1 Å². The minimum absolute atomic E-state index is 0.0943. The second-order valence-electron chi connectivity index (χ2n) is 5.68. The summed E-state index contributed by atoms with van der Waals surface area (Å²) in [7, 11) is 1.92. The van der Waals surface area contributed by atoms with Crippen molar-refractivity contribution in [2.45, 2.75) is 38.1 Å². The second kappa shape index (κ2) is 7.65. The van der Waals surface area contributed by atoms with Gasteiger partial charge in [0.05, 0.1) is 0 Å². The Morgan fingerprint density at radius 3 is 2.68 bits per heavy atom. The highest BCUT2D eigenvalue weighted by Gasteiger charge is 2.20. The molecular weight excluding hydrogens is 238 g/mol. The maximum absolute atomic E-state index is 12.1. The molecule has 4 heteroatoms. The average molecular weight is 265 g/mol. The van der Waals surface area contributed by atoms with Crippen LogP contribution in [0.25, 0.3) is 0 Å². The molecule has 2 rings (SSSR count). The average Bonchev–Trinajstić information content (AvgIpc) is 2.83. The van der Waals surface area contributed by atoms with Crippen LogP contribution >= 0.6 is 0 Å². The number of carbonyl (C=O) groups is 1. The Labute approximate surface area is 116 Å². The standard InChI is InChI=1S/C15H27N3O/c1-17(15(19)14-8-6-9-16-14)10-7-13-18-11-4-2-3-5-12-18/h6,8,14,16H,2-5,7,9-13H2,1H3. The number of hydrogen-bond acceptors (Lipinski definition) is 3. The van der Waals surface area contributed by atoms with E-state index in [2.05, 4.69) is 10.2 Å². The summed E-state index contributed by atoms with van der Waals surface area (Å²) in [6.45, 7) is 5.29. The van der Waals surface area contributed by atoms with Gasteiger partial charge in [0.1, 0.15) is 6.04 Å². The van der Waals surface area contributed by atoms with Gasteiger partial charge in [-0.25, -0.2) is 0 Å². The molecule has 2 heterocycles. The molecule has 2 aliphatic rings. The number of nitrogens with zero attached hydrogens (tertiary/aromatic N) is 2. The van der Waals surface area contributed by atoms with Crippen molar-refractivity contribution in [2.75, 3.05) is 39.8 Å². The molecule has 0 aromatic rings. The molecule has 0 aromatic heterocycles. The Hall–Kier alpha value is -0.870. The van der Waals surface area contributed by atoms with Crippen LogP contribution in [0.5, 0.6) is 0 Å². The van der Waals surface area contributed by atoms with Crippen LogP contribution in [-0.4, -0.2) is 61.5 Å². The van der Waals surface area contributed by atoms with E-state index in [1.165, 1.54) is 38.8 Å². The third kappa shape index (κ3) is 4.62.